The first-order valence-corrected chi connectivity index (χ1v) is 25.4. The van der Waals surface area contributed by atoms with Crippen LogP contribution in [0.4, 0.5) is 19.2 Å². The number of benzene rings is 4. The Morgan fingerprint density at radius 1 is 0.341 bits per heavy atom. The molecule has 4 atom stereocenters. The van der Waals surface area contributed by atoms with Crippen molar-refractivity contribution in [1.82, 2.24) is 40.9 Å². The molecular weight excluding hydrogens is 1250 g/mol. The van der Waals surface area contributed by atoms with E-state index in [-0.39, 0.29) is 114 Å². The Bertz CT molecular complexity index is 2460. The fraction of sp³-hybridized carbons (Fsp3) is 0.357. The maximum absolute atomic E-state index is 12.0. The Hall–Kier alpha value is -8.23. The van der Waals surface area contributed by atoms with Crippen LogP contribution in [0.5, 0.6) is 0 Å². The molecule has 4 aromatic carbocycles. The van der Waals surface area contributed by atoms with Crippen molar-refractivity contribution in [3.05, 3.63) is 144 Å². The van der Waals surface area contributed by atoms with Gasteiger partial charge < -0.3 is 40.2 Å². The van der Waals surface area contributed by atoms with Crippen molar-refractivity contribution < 1.29 is 115 Å². The smallest absolute Gasteiger partial charge is 0.330 e. The third kappa shape index (κ3) is 20.7. The molecule has 4 heterocycles. The summed E-state index contributed by atoms with van der Waals surface area (Å²) in [6.45, 7) is 0.108. The molecule has 4 fully saturated rings. The van der Waals surface area contributed by atoms with E-state index in [1.54, 1.807) is 0 Å². The Kier molecular flexibility index (Phi) is 28.9. The van der Waals surface area contributed by atoms with E-state index in [0.717, 1.165) is 41.9 Å². The number of ether oxygens (including phenoxy) is 4. The molecule has 0 spiro atoms. The number of hydrogen-bond donors (Lipinski definition) is 4. The molecule has 82 heavy (non-hydrogen) atoms. The molecule has 4 aliphatic heterocycles. The van der Waals surface area contributed by atoms with Crippen molar-refractivity contribution in [2.75, 3.05) is 54.6 Å². The number of rotatable bonds is 16. The molecule has 2 radical (unpaired) electrons. The summed E-state index contributed by atoms with van der Waals surface area (Å²) in [5.41, 5.74) is 4.13. The Balaban J connectivity index is 0.000000285. The van der Waals surface area contributed by atoms with Crippen LogP contribution in [0, 0.1) is 0 Å². The number of nitrogens with one attached hydrogen (secondary N) is 4. The molecule has 4 aromatic rings. The minimum Gasteiger partial charge on any atom is -0.467 e. The Labute approximate surface area is 499 Å². The maximum atomic E-state index is 12.0. The summed E-state index contributed by atoms with van der Waals surface area (Å²) in [5.74, 6) is -3.35. The molecule has 26 heteroatoms. The minimum absolute atomic E-state index is 0. The van der Waals surface area contributed by atoms with E-state index in [2.05, 4.69) is 40.2 Å². The fourth-order valence-corrected chi connectivity index (χ4v) is 8.24. The summed E-state index contributed by atoms with van der Waals surface area (Å²) in [7, 11) is 4.98. The number of imide groups is 4. The van der Waals surface area contributed by atoms with Gasteiger partial charge in [0, 0.05) is 64.6 Å². The van der Waals surface area contributed by atoms with E-state index in [0.29, 0.717) is 25.7 Å². The molecule has 8 rings (SSSR count). The van der Waals surface area contributed by atoms with Crippen LogP contribution in [0.1, 0.15) is 47.9 Å². The third-order valence-corrected chi connectivity index (χ3v) is 12.7. The number of aryl methyl sites for hydroxylation is 4. The van der Waals surface area contributed by atoms with Crippen molar-refractivity contribution in [3.8, 4) is 0 Å². The second kappa shape index (κ2) is 34.8. The number of carbonyl (C=O) groups is 12. The topological polar surface area (TPSA) is 303 Å². The third-order valence-electron chi connectivity index (χ3n) is 12.7. The SMILES string of the molecule is COC(=O)[C@@H]1CN(C(=O)CCc2ccccc2)C(=O)N1.COC(=O)[C@@H]1CN(C(=O)CCc2ccccc2)C(=O)N1.COC(=O)[C@@H]1CN(C(=O)CCc2ccccc2)C(=O)N1.COC(=O)[C@@H]1CN(C(=O)CCc2ccccc2)C(=O)N1.[Rh].[Rh]. The number of carbonyl (C=O) groups excluding carboxylic acids is 12. The van der Waals surface area contributed by atoms with Gasteiger partial charge in [0.1, 0.15) is 24.2 Å². The van der Waals surface area contributed by atoms with Gasteiger partial charge in [0.15, 0.2) is 0 Å². The van der Waals surface area contributed by atoms with Gasteiger partial charge in [-0.15, -0.1) is 0 Å². The van der Waals surface area contributed by atoms with Crippen LogP contribution in [-0.2, 0) is 122 Å². The average molecular weight is 1310 g/mol. The first-order chi connectivity index (χ1) is 38.5. The average Bonchev–Trinajstić information content (AvgIpc) is 4.32. The molecule has 4 saturated heterocycles. The molecule has 0 bridgehead atoms. The summed E-state index contributed by atoms with van der Waals surface area (Å²) in [5, 5.41) is 9.70. The van der Waals surface area contributed by atoms with Gasteiger partial charge in [-0.25, -0.2) is 38.4 Å². The first kappa shape index (κ1) is 68.0. The summed E-state index contributed by atoms with van der Waals surface area (Å²) in [4.78, 5) is 144. The molecule has 4 aliphatic rings. The molecule has 0 aromatic heterocycles. The van der Waals surface area contributed by atoms with Crippen LogP contribution in [0.25, 0.3) is 0 Å². The predicted molar refractivity (Wildman–Crippen MR) is 283 cm³/mol. The number of methoxy groups -OCH3 is 4. The first-order valence-electron chi connectivity index (χ1n) is 25.4. The molecule has 24 nitrogen and oxygen atoms in total. The van der Waals surface area contributed by atoms with Crippen LogP contribution in [0.2, 0.25) is 0 Å². The zero-order chi connectivity index (χ0) is 58.1. The van der Waals surface area contributed by atoms with Gasteiger partial charge in [-0.1, -0.05) is 121 Å². The molecule has 0 saturated carbocycles. The Morgan fingerprint density at radius 3 is 0.671 bits per heavy atom. The predicted octanol–water partition coefficient (Wildman–Crippen LogP) is 2.85. The largest absolute Gasteiger partial charge is 0.467 e. The van der Waals surface area contributed by atoms with Crippen molar-refractivity contribution >= 4 is 71.6 Å². The molecule has 4 N–H and O–H groups in total. The van der Waals surface area contributed by atoms with Gasteiger partial charge in [-0.05, 0) is 47.9 Å². The van der Waals surface area contributed by atoms with Crippen molar-refractivity contribution in [3.63, 3.8) is 0 Å². The molecule has 12 amide bonds. The second-order valence-corrected chi connectivity index (χ2v) is 18.1. The second-order valence-electron chi connectivity index (χ2n) is 18.1. The van der Waals surface area contributed by atoms with Crippen LogP contribution in [0.15, 0.2) is 121 Å². The molecule has 0 unspecified atom stereocenters. The van der Waals surface area contributed by atoms with Gasteiger partial charge in [-0.2, -0.15) is 0 Å². The summed E-state index contributed by atoms with van der Waals surface area (Å²) >= 11 is 0. The zero-order valence-electron chi connectivity index (χ0n) is 45.3. The quantitative estimate of drug-likeness (QED) is 0.0712. The van der Waals surface area contributed by atoms with E-state index in [4.69, 9.17) is 0 Å². The van der Waals surface area contributed by atoms with E-state index in [9.17, 15) is 57.5 Å². The van der Waals surface area contributed by atoms with Gasteiger partial charge in [0.2, 0.25) is 23.6 Å². The minimum atomic E-state index is -0.770. The summed E-state index contributed by atoms with van der Waals surface area (Å²) in [6, 6.07) is 32.9. The van der Waals surface area contributed by atoms with Crippen LogP contribution >= 0.6 is 0 Å². The summed E-state index contributed by atoms with van der Waals surface area (Å²) in [6.07, 6.45) is 3.16. The normalized spacial score (nSPS) is 17.3. The molecular formula is C56H64N8O16Rh2. The van der Waals surface area contributed by atoms with E-state index in [1.165, 1.54) is 28.4 Å². The van der Waals surface area contributed by atoms with Gasteiger partial charge in [-0.3, -0.25) is 38.8 Å². The molecule has 442 valence electrons. The van der Waals surface area contributed by atoms with Crippen molar-refractivity contribution in [2.24, 2.45) is 0 Å². The monoisotopic (exact) mass is 1310 g/mol. The maximum Gasteiger partial charge on any atom is 0.330 e. The van der Waals surface area contributed by atoms with Gasteiger partial charge in [0.05, 0.1) is 54.6 Å². The number of amides is 12. The van der Waals surface area contributed by atoms with Crippen molar-refractivity contribution in [1.29, 1.82) is 0 Å². The fourth-order valence-electron chi connectivity index (χ4n) is 8.24. The zero-order valence-corrected chi connectivity index (χ0v) is 48.6. The van der Waals surface area contributed by atoms with Crippen molar-refractivity contribution in [2.45, 2.75) is 75.5 Å². The van der Waals surface area contributed by atoms with Gasteiger partial charge in [0.25, 0.3) is 0 Å². The van der Waals surface area contributed by atoms with E-state index in [1.807, 2.05) is 121 Å². The standard InChI is InChI=1S/4C14H16N2O4.2Rh/c4*1-20-13(18)11-9-16(14(19)15-11)12(17)8-7-10-5-3-2-4-6-10;;/h4*2-6,11H,7-9H2,1H3,(H,15,19);;/t4*11-;;/m0000../s1. The van der Waals surface area contributed by atoms with E-state index >= 15 is 0 Å². The number of hydrogen-bond acceptors (Lipinski definition) is 16. The van der Waals surface area contributed by atoms with Gasteiger partial charge >= 0.3 is 48.0 Å². The van der Waals surface area contributed by atoms with Crippen LogP contribution < -0.4 is 21.3 Å². The Morgan fingerprint density at radius 2 is 0.512 bits per heavy atom. The number of urea groups is 4. The van der Waals surface area contributed by atoms with Crippen LogP contribution in [0.3, 0.4) is 0 Å². The summed E-state index contributed by atoms with van der Waals surface area (Å²) < 4.78 is 18.2. The van der Waals surface area contributed by atoms with E-state index < -0.39 is 72.2 Å². The number of esters is 4. The number of nitrogens with zero attached hydrogens (tertiary/aromatic N) is 4. The molecule has 0 aliphatic carbocycles. The van der Waals surface area contributed by atoms with Crippen LogP contribution in [-0.4, -0.2) is 170 Å².